The first-order valence-corrected chi connectivity index (χ1v) is 11.4. The lowest BCUT2D eigenvalue weighted by Gasteiger charge is -2.13. The Morgan fingerprint density at radius 2 is 1.68 bits per heavy atom. The van der Waals surface area contributed by atoms with E-state index in [2.05, 4.69) is 48.0 Å². The third-order valence-electron chi connectivity index (χ3n) is 3.56. The van der Waals surface area contributed by atoms with Gasteiger partial charge in [-0.2, -0.15) is 0 Å². The maximum atomic E-state index is 12.4. The van der Waals surface area contributed by atoms with E-state index in [1.54, 1.807) is 36.4 Å². The minimum Gasteiger partial charge on any atom is -0.492 e. The summed E-state index contributed by atoms with van der Waals surface area (Å²) in [4.78, 5) is 24.3. The van der Waals surface area contributed by atoms with Gasteiger partial charge in [-0.1, -0.05) is 25.4 Å². The number of benzene rings is 2. The fraction of sp³-hybridized carbons (Fsp3) is 0.250. The van der Waals surface area contributed by atoms with E-state index in [4.69, 9.17) is 33.3 Å². The molecule has 11 heteroatoms. The molecule has 2 aromatic rings. The smallest absolute Gasteiger partial charge is 0.276 e. The first-order valence-electron chi connectivity index (χ1n) is 9.06. The Bertz CT molecular complexity index is 975. The molecule has 2 amide bonds. The molecule has 0 fully saturated rings. The van der Waals surface area contributed by atoms with Crippen molar-refractivity contribution in [1.29, 1.82) is 0 Å². The van der Waals surface area contributed by atoms with E-state index in [1.165, 1.54) is 0 Å². The highest BCUT2D eigenvalue weighted by Crippen LogP contribution is 2.28. The highest BCUT2D eigenvalue weighted by molar-refractivity contribution is 9.10. The topological polar surface area (TPSA) is 88.7 Å². The quantitative estimate of drug-likeness (QED) is 0.321. The largest absolute Gasteiger partial charge is 0.492 e. The number of halogens is 3. The zero-order valence-corrected chi connectivity index (χ0v) is 21.4. The van der Waals surface area contributed by atoms with Gasteiger partial charge in [0.25, 0.3) is 11.8 Å². The first-order chi connectivity index (χ1) is 14.7. The summed E-state index contributed by atoms with van der Waals surface area (Å²) < 4.78 is 12.3. The van der Waals surface area contributed by atoms with Gasteiger partial charge >= 0.3 is 0 Å². The van der Waals surface area contributed by atoms with Crippen LogP contribution in [0, 0.1) is 5.92 Å². The molecule has 0 bridgehead atoms. The molecule has 0 saturated carbocycles. The Balaban J connectivity index is 1.79. The van der Waals surface area contributed by atoms with Crippen molar-refractivity contribution in [2.24, 2.45) is 5.92 Å². The molecular formula is C20H20Br2ClN3O4S. The van der Waals surface area contributed by atoms with E-state index in [0.717, 1.165) is 0 Å². The minimum absolute atomic E-state index is 0.0673. The Labute approximate surface area is 207 Å². The summed E-state index contributed by atoms with van der Waals surface area (Å²) in [6.07, 6.45) is 0. The van der Waals surface area contributed by atoms with Crippen LogP contribution in [-0.4, -0.2) is 30.1 Å². The normalized spacial score (nSPS) is 10.4. The lowest BCUT2D eigenvalue weighted by atomic mass is 10.2. The van der Waals surface area contributed by atoms with Crippen LogP contribution in [0.15, 0.2) is 45.3 Å². The summed E-state index contributed by atoms with van der Waals surface area (Å²) in [5.41, 5.74) is 5.17. The predicted molar refractivity (Wildman–Crippen MR) is 130 cm³/mol. The van der Waals surface area contributed by atoms with Crippen LogP contribution in [0.5, 0.6) is 11.5 Å². The number of carbonyl (C=O) groups excluding carboxylic acids is 2. The lowest BCUT2D eigenvalue weighted by Crippen LogP contribution is -2.49. The summed E-state index contributed by atoms with van der Waals surface area (Å²) in [6.45, 7) is 4.39. The van der Waals surface area contributed by atoms with Crippen LogP contribution < -0.4 is 25.6 Å². The zero-order chi connectivity index (χ0) is 23.0. The van der Waals surface area contributed by atoms with E-state index >= 15 is 0 Å². The van der Waals surface area contributed by atoms with E-state index < -0.39 is 11.8 Å². The SMILES string of the molecule is CC(C)COc1ccc(C(=O)NC(=S)NNC(=O)COc2ccc(Cl)cc2Br)cc1Br. The van der Waals surface area contributed by atoms with E-state index in [1.807, 2.05) is 13.8 Å². The summed E-state index contributed by atoms with van der Waals surface area (Å²) in [5.74, 6) is 0.552. The van der Waals surface area contributed by atoms with Gasteiger partial charge in [-0.25, -0.2) is 0 Å². The highest BCUT2D eigenvalue weighted by Gasteiger charge is 2.12. The van der Waals surface area contributed by atoms with Crippen LogP contribution in [0.4, 0.5) is 0 Å². The average molecular weight is 594 g/mol. The molecule has 0 radical (unpaired) electrons. The van der Waals surface area contributed by atoms with Gasteiger partial charge in [0.15, 0.2) is 11.7 Å². The van der Waals surface area contributed by atoms with Crippen LogP contribution in [0.1, 0.15) is 24.2 Å². The first kappa shape index (κ1) is 25.4. The van der Waals surface area contributed by atoms with Gasteiger partial charge in [0, 0.05) is 10.6 Å². The van der Waals surface area contributed by atoms with Crippen molar-refractivity contribution in [3.05, 3.63) is 55.9 Å². The number of hydrogen-bond acceptors (Lipinski definition) is 5. The molecule has 31 heavy (non-hydrogen) atoms. The Morgan fingerprint density at radius 3 is 2.32 bits per heavy atom. The Hall–Kier alpha value is -1.88. The van der Waals surface area contributed by atoms with Crippen molar-refractivity contribution in [3.8, 4) is 11.5 Å². The molecule has 0 saturated heterocycles. The third kappa shape index (κ3) is 8.64. The maximum absolute atomic E-state index is 12.4. The maximum Gasteiger partial charge on any atom is 0.276 e. The van der Waals surface area contributed by atoms with Crippen molar-refractivity contribution in [1.82, 2.24) is 16.2 Å². The van der Waals surface area contributed by atoms with Gasteiger partial charge in [-0.15, -0.1) is 0 Å². The molecule has 2 aromatic carbocycles. The van der Waals surface area contributed by atoms with Gasteiger partial charge in [0.1, 0.15) is 11.5 Å². The number of hydrazine groups is 1. The van der Waals surface area contributed by atoms with Crippen molar-refractivity contribution in [2.45, 2.75) is 13.8 Å². The van der Waals surface area contributed by atoms with Crippen LogP contribution >= 0.6 is 55.7 Å². The Morgan fingerprint density at radius 1 is 1.03 bits per heavy atom. The van der Waals surface area contributed by atoms with Gasteiger partial charge in [0.05, 0.1) is 15.6 Å². The predicted octanol–water partition coefficient (Wildman–Crippen LogP) is 4.61. The van der Waals surface area contributed by atoms with Crippen LogP contribution in [0.2, 0.25) is 5.02 Å². The molecule has 7 nitrogen and oxygen atoms in total. The summed E-state index contributed by atoms with van der Waals surface area (Å²) >= 11 is 17.6. The fourth-order valence-electron chi connectivity index (χ4n) is 2.12. The van der Waals surface area contributed by atoms with Gasteiger partial charge in [0.2, 0.25) is 0 Å². The molecule has 0 aliphatic carbocycles. The number of hydrogen-bond donors (Lipinski definition) is 3. The van der Waals surface area contributed by atoms with Crippen LogP contribution in [0.3, 0.4) is 0 Å². The van der Waals surface area contributed by atoms with E-state index in [-0.39, 0.29) is 11.7 Å². The minimum atomic E-state index is -0.493. The van der Waals surface area contributed by atoms with Gasteiger partial charge in [-0.3, -0.25) is 25.8 Å². The van der Waals surface area contributed by atoms with Crippen molar-refractivity contribution in [2.75, 3.05) is 13.2 Å². The molecule has 166 valence electrons. The number of ether oxygens (including phenoxy) is 2. The van der Waals surface area contributed by atoms with Crippen molar-refractivity contribution in [3.63, 3.8) is 0 Å². The second kappa shape index (κ2) is 12.2. The molecular weight excluding hydrogens is 574 g/mol. The summed E-state index contributed by atoms with van der Waals surface area (Å²) in [6, 6.07) is 9.88. The van der Waals surface area contributed by atoms with Crippen molar-refractivity contribution >= 4 is 72.6 Å². The molecule has 0 atom stereocenters. The molecule has 0 aliphatic heterocycles. The highest BCUT2D eigenvalue weighted by atomic mass is 79.9. The van der Waals surface area contributed by atoms with Gasteiger partial charge < -0.3 is 9.47 Å². The molecule has 3 N–H and O–H groups in total. The van der Waals surface area contributed by atoms with Crippen LogP contribution in [-0.2, 0) is 4.79 Å². The standard InChI is InChI=1S/C20H20Br2ClN3O4S/c1-11(2)9-29-16-5-3-12(7-14(16)21)19(28)24-20(31)26-25-18(27)10-30-17-6-4-13(23)8-15(17)22/h3-8,11H,9-10H2,1-2H3,(H,25,27)(H2,24,26,28,31). The Kier molecular flexibility index (Phi) is 10.0. The summed E-state index contributed by atoms with van der Waals surface area (Å²) in [5, 5.41) is 2.95. The average Bonchev–Trinajstić information content (AvgIpc) is 2.70. The summed E-state index contributed by atoms with van der Waals surface area (Å²) in [7, 11) is 0. The van der Waals surface area contributed by atoms with Crippen LogP contribution in [0.25, 0.3) is 0 Å². The third-order valence-corrected chi connectivity index (χ3v) is 5.24. The zero-order valence-electron chi connectivity index (χ0n) is 16.6. The number of thiocarbonyl (C=S) groups is 1. The molecule has 2 rings (SSSR count). The molecule has 0 aliphatic rings. The second-order valence-corrected chi connectivity index (χ2v) is 9.22. The lowest BCUT2D eigenvalue weighted by molar-refractivity contribution is -0.123. The molecule has 0 heterocycles. The van der Waals surface area contributed by atoms with Gasteiger partial charge in [-0.05, 0) is 86.4 Å². The van der Waals surface area contributed by atoms with E-state index in [9.17, 15) is 9.59 Å². The second-order valence-electron chi connectivity index (χ2n) is 6.67. The monoisotopic (exact) mass is 591 g/mol. The van der Waals surface area contributed by atoms with E-state index in [0.29, 0.717) is 43.6 Å². The number of amides is 2. The number of carbonyl (C=O) groups is 2. The fourth-order valence-corrected chi connectivity index (χ4v) is 3.55. The van der Waals surface area contributed by atoms with Crippen molar-refractivity contribution < 1.29 is 19.1 Å². The molecule has 0 spiro atoms. The number of rotatable bonds is 7. The molecule has 0 unspecified atom stereocenters. The molecule has 0 aromatic heterocycles. The number of nitrogens with one attached hydrogen (secondary N) is 3.